The molecule has 0 bridgehead atoms. The van der Waals surface area contributed by atoms with Crippen molar-refractivity contribution in [2.75, 3.05) is 24.5 Å². The van der Waals surface area contributed by atoms with Crippen molar-refractivity contribution in [3.05, 3.63) is 54.2 Å². The highest BCUT2D eigenvalue weighted by Gasteiger charge is 2.13. The van der Waals surface area contributed by atoms with Crippen LogP contribution in [0.2, 0.25) is 0 Å². The minimum Gasteiger partial charge on any atom is -0.355 e. The van der Waals surface area contributed by atoms with Gasteiger partial charge in [-0.1, -0.05) is 30.3 Å². The zero-order chi connectivity index (χ0) is 19.3. The molecule has 0 radical (unpaired) electrons. The van der Waals surface area contributed by atoms with Gasteiger partial charge < -0.3 is 4.90 Å². The Balaban J connectivity index is 1.53. The number of fused-ring (bicyclic) bond motifs is 1. The molecule has 28 heavy (non-hydrogen) atoms. The predicted molar refractivity (Wildman–Crippen MR) is 114 cm³/mol. The van der Waals surface area contributed by atoms with Gasteiger partial charge in [-0.2, -0.15) is 0 Å². The molecule has 6 nitrogen and oxygen atoms in total. The SMILES string of the molecule is O=S(O)NCCc1ccc(-c2ccc3ncc(N4CCCCC4)nc3c2)cc1. The van der Waals surface area contributed by atoms with Crippen LogP contribution >= 0.6 is 0 Å². The van der Waals surface area contributed by atoms with Crippen LogP contribution in [0.1, 0.15) is 24.8 Å². The number of hydrogen-bond acceptors (Lipinski definition) is 4. The second-order valence-corrected chi connectivity index (χ2v) is 7.86. The van der Waals surface area contributed by atoms with Crippen molar-refractivity contribution in [2.45, 2.75) is 25.7 Å². The number of nitrogens with one attached hydrogen (secondary N) is 1. The van der Waals surface area contributed by atoms with Crippen molar-refractivity contribution >= 4 is 28.1 Å². The highest BCUT2D eigenvalue weighted by molar-refractivity contribution is 7.77. The van der Waals surface area contributed by atoms with Gasteiger partial charge in [0.2, 0.25) is 11.3 Å². The summed E-state index contributed by atoms with van der Waals surface area (Å²) >= 11 is -1.96. The number of rotatable bonds is 6. The zero-order valence-corrected chi connectivity index (χ0v) is 16.5. The van der Waals surface area contributed by atoms with Gasteiger partial charge in [-0.15, -0.1) is 0 Å². The first-order chi connectivity index (χ1) is 13.7. The molecule has 4 rings (SSSR count). The first-order valence-electron chi connectivity index (χ1n) is 9.64. The van der Waals surface area contributed by atoms with Crippen LogP contribution in [0.25, 0.3) is 22.2 Å². The van der Waals surface area contributed by atoms with Crippen molar-refractivity contribution in [2.24, 2.45) is 0 Å². The van der Waals surface area contributed by atoms with E-state index in [0.717, 1.165) is 46.6 Å². The largest absolute Gasteiger partial charge is 0.355 e. The van der Waals surface area contributed by atoms with Gasteiger partial charge in [-0.3, -0.25) is 9.54 Å². The Morgan fingerprint density at radius 3 is 2.50 bits per heavy atom. The van der Waals surface area contributed by atoms with Gasteiger partial charge in [0.25, 0.3) is 0 Å². The van der Waals surface area contributed by atoms with E-state index in [9.17, 15) is 4.21 Å². The minimum atomic E-state index is -1.96. The second kappa shape index (κ2) is 8.77. The van der Waals surface area contributed by atoms with E-state index in [1.165, 1.54) is 19.3 Å². The Hall–Kier alpha value is -2.35. The predicted octanol–water partition coefficient (Wildman–Crippen LogP) is 3.56. The van der Waals surface area contributed by atoms with Crippen LogP contribution < -0.4 is 9.62 Å². The summed E-state index contributed by atoms with van der Waals surface area (Å²) in [5, 5.41) is 0. The van der Waals surface area contributed by atoms with E-state index in [4.69, 9.17) is 9.54 Å². The highest BCUT2D eigenvalue weighted by Crippen LogP contribution is 2.25. The molecule has 7 heteroatoms. The Morgan fingerprint density at radius 2 is 1.75 bits per heavy atom. The van der Waals surface area contributed by atoms with E-state index in [1.54, 1.807) is 0 Å². The second-order valence-electron chi connectivity index (χ2n) is 7.07. The quantitative estimate of drug-likeness (QED) is 0.623. The van der Waals surface area contributed by atoms with E-state index in [0.29, 0.717) is 13.0 Å². The van der Waals surface area contributed by atoms with Crippen LogP contribution in [0.5, 0.6) is 0 Å². The summed E-state index contributed by atoms with van der Waals surface area (Å²) in [6.45, 7) is 2.58. The molecule has 146 valence electrons. The average molecular weight is 397 g/mol. The van der Waals surface area contributed by atoms with Gasteiger partial charge in [-0.25, -0.2) is 13.9 Å². The smallest absolute Gasteiger partial charge is 0.231 e. The topological polar surface area (TPSA) is 78.3 Å². The van der Waals surface area contributed by atoms with Crippen molar-refractivity contribution in [1.29, 1.82) is 0 Å². The molecule has 0 amide bonds. The Labute approximate surface area is 167 Å². The lowest BCUT2D eigenvalue weighted by Crippen LogP contribution is -2.30. The maximum Gasteiger partial charge on any atom is 0.231 e. The monoisotopic (exact) mass is 396 g/mol. The van der Waals surface area contributed by atoms with E-state index in [1.807, 2.05) is 12.3 Å². The number of nitrogens with zero attached hydrogens (tertiary/aromatic N) is 3. The van der Waals surface area contributed by atoms with E-state index >= 15 is 0 Å². The fourth-order valence-electron chi connectivity index (χ4n) is 3.60. The fourth-order valence-corrected chi connectivity index (χ4v) is 3.88. The van der Waals surface area contributed by atoms with Crippen LogP contribution in [0.3, 0.4) is 0 Å². The summed E-state index contributed by atoms with van der Waals surface area (Å²) in [6.07, 6.45) is 6.32. The molecule has 1 aliphatic rings. The molecule has 1 aliphatic heterocycles. The van der Waals surface area contributed by atoms with Gasteiger partial charge in [-0.05, 0) is 54.5 Å². The minimum absolute atomic E-state index is 0.466. The molecule has 3 aromatic rings. The summed E-state index contributed by atoms with van der Waals surface area (Å²) in [5.74, 6) is 0.966. The van der Waals surface area contributed by atoms with Crippen LogP contribution in [-0.2, 0) is 17.7 Å². The summed E-state index contributed by atoms with van der Waals surface area (Å²) in [7, 11) is 0. The Kier molecular flexibility index (Phi) is 5.95. The highest BCUT2D eigenvalue weighted by atomic mass is 32.2. The first-order valence-corrected chi connectivity index (χ1v) is 10.8. The Bertz CT molecular complexity index is 972. The number of aromatic nitrogens is 2. The normalized spacial score (nSPS) is 15.7. The van der Waals surface area contributed by atoms with Crippen LogP contribution in [-0.4, -0.2) is 38.4 Å². The molecule has 1 atom stereocenters. The molecule has 2 heterocycles. The first kappa shape index (κ1) is 19.0. The van der Waals surface area contributed by atoms with Gasteiger partial charge in [0.15, 0.2) is 0 Å². The Morgan fingerprint density at radius 1 is 1.00 bits per heavy atom. The van der Waals surface area contributed by atoms with Crippen molar-refractivity contribution in [1.82, 2.24) is 14.7 Å². The zero-order valence-electron chi connectivity index (χ0n) is 15.7. The van der Waals surface area contributed by atoms with Crippen molar-refractivity contribution in [3.63, 3.8) is 0 Å². The molecule has 2 aromatic carbocycles. The standard InChI is InChI=1S/C21H24N4O2S/c26-28(27)23-11-10-16-4-6-17(7-5-16)18-8-9-19-20(14-18)24-21(15-22-19)25-12-2-1-3-13-25/h4-9,14-15,23H,1-3,10-13H2,(H,26,27). The maximum atomic E-state index is 10.6. The third kappa shape index (κ3) is 4.55. The van der Waals surface area contributed by atoms with Crippen LogP contribution in [0.15, 0.2) is 48.7 Å². The average Bonchev–Trinajstić information content (AvgIpc) is 2.74. The summed E-state index contributed by atoms with van der Waals surface area (Å²) in [4.78, 5) is 11.8. The summed E-state index contributed by atoms with van der Waals surface area (Å²) in [5.41, 5.74) is 5.17. The number of anilines is 1. The van der Waals surface area contributed by atoms with Crippen LogP contribution in [0, 0.1) is 0 Å². The molecule has 1 aromatic heterocycles. The molecule has 0 saturated carbocycles. The lowest BCUT2D eigenvalue weighted by molar-refractivity contribution is 0.549. The molecule has 2 N–H and O–H groups in total. The summed E-state index contributed by atoms with van der Waals surface area (Å²) < 4.78 is 21.9. The molecule has 1 fully saturated rings. The third-order valence-corrected chi connectivity index (χ3v) is 5.59. The molecule has 1 unspecified atom stereocenters. The third-order valence-electron chi connectivity index (χ3n) is 5.14. The maximum absolute atomic E-state index is 10.6. The van der Waals surface area contributed by atoms with Crippen molar-refractivity contribution < 1.29 is 8.76 Å². The molecular formula is C21H24N4O2S. The summed E-state index contributed by atoms with van der Waals surface area (Å²) in [6, 6.07) is 14.5. The van der Waals surface area contributed by atoms with Crippen molar-refractivity contribution in [3.8, 4) is 11.1 Å². The van der Waals surface area contributed by atoms with E-state index in [2.05, 4.69) is 51.0 Å². The molecule has 0 spiro atoms. The van der Waals surface area contributed by atoms with E-state index in [-0.39, 0.29) is 0 Å². The van der Waals surface area contributed by atoms with Crippen LogP contribution in [0.4, 0.5) is 5.82 Å². The molecule has 1 saturated heterocycles. The number of benzene rings is 2. The fraction of sp³-hybridized carbons (Fsp3) is 0.333. The van der Waals surface area contributed by atoms with Gasteiger partial charge in [0.05, 0.1) is 17.2 Å². The van der Waals surface area contributed by atoms with E-state index < -0.39 is 11.3 Å². The molecule has 0 aliphatic carbocycles. The molecular weight excluding hydrogens is 372 g/mol. The number of hydrogen-bond donors (Lipinski definition) is 2. The van der Waals surface area contributed by atoms with Gasteiger partial charge >= 0.3 is 0 Å². The van der Waals surface area contributed by atoms with Gasteiger partial charge in [0.1, 0.15) is 5.82 Å². The lowest BCUT2D eigenvalue weighted by atomic mass is 10.0. The van der Waals surface area contributed by atoms with Gasteiger partial charge in [0, 0.05) is 19.6 Å². The number of piperidine rings is 1. The lowest BCUT2D eigenvalue weighted by Gasteiger charge is -2.27.